The highest BCUT2D eigenvalue weighted by Crippen LogP contribution is 2.46. The number of benzene rings is 1. The van der Waals surface area contributed by atoms with Crippen LogP contribution < -0.4 is 10.6 Å². The molecule has 1 aliphatic carbocycles. The molecule has 9 heteroatoms. The third-order valence-corrected chi connectivity index (χ3v) is 6.43. The quantitative estimate of drug-likeness (QED) is 0.635. The van der Waals surface area contributed by atoms with E-state index in [-0.39, 0.29) is 17.8 Å². The minimum Gasteiger partial charge on any atom is -0.366 e. The van der Waals surface area contributed by atoms with Crippen LogP contribution in [0.3, 0.4) is 0 Å². The van der Waals surface area contributed by atoms with E-state index in [1.807, 2.05) is 6.07 Å². The molecule has 2 N–H and O–H groups in total. The molecule has 0 saturated carbocycles. The van der Waals surface area contributed by atoms with Crippen molar-refractivity contribution in [3.05, 3.63) is 57.6 Å². The predicted molar refractivity (Wildman–Crippen MR) is 116 cm³/mol. The van der Waals surface area contributed by atoms with Gasteiger partial charge in [-0.1, -0.05) is 11.6 Å². The Labute approximate surface area is 184 Å². The Morgan fingerprint density at radius 3 is 2.83 bits per heavy atom. The maximum absolute atomic E-state index is 13.8. The van der Waals surface area contributed by atoms with Gasteiger partial charge in [-0.3, -0.25) is 0 Å². The number of piperidine rings is 1. The van der Waals surface area contributed by atoms with Crippen molar-refractivity contribution in [2.75, 3.05) is 18.4 Å². The molecule has 2 aliphatic rings. The second-order valence-corrected chi connectivity index (χ2v) is 8.27. The number of nitriles is 1. The third-order valence-electron chi connectivity index (χ3n) is 6.17. The second kappa shape index (κ2) is 8.03. The van der Waals surface area contributed by atoms with Crippen LogP contribution in [0, 0.1) is 17.1 Å². The molecule has 1 fully saturated rings. The van der Waals surface area contributed by atoms with E-state index in [9.17, 15) is 4.39 Å². The van der Waals surface area contributed by atoms with Crippen molar-refractivity contribution >= 4 is 35.5 Å². The average molecular weight is 447 g/mol. The van der Waals surface area contributed by atoms with Gasteiger partial charge in [0, 0.05) is 17.5 Å². The van der Waals surface area contributed by atoms with Gasteiger partial charge in [-0.25, -0.2) is 9.37 Å². The SMILES string of the molecule is Cl.N#Cc1cc(F)cc(CNc2c3c(nc4c(Cl)cnn24)C2(CCNCC2)CC3)c1. The number of anilines is 1. The first-order chi connectivity index (χ1) is 14.1. The van der Waals surface area contributed by atoms with E-state index >= 15 is 0 Å². The van der Waals surface area contributed by atoms with E-state index in [4.69, 9.17) is 21.8 Å². The van der Waals surface area contributed by atoms with Crippen molar-refractivity contribution in [3.8, 4) is 6.07 Å². The molecule has 5 rings (SSSR count). The molecular weight excluding hydrogens is 426 g/mol. The Bertz CT molecular complexity index is 1150. The molecule has 0 amide bonds. The topological polar surface area (TPSA) is 78.0 Å². The zero-order chi connectivity index (χ0) is 20.0. The van der Waals surface area contributed by atoms with E-state index in [1.165, 1.54) is 12.1 Å². The van der Waals surface area contributed by atoms with Gasteiger partial charge in [-0.2, -0.15) is 14.9 Å². The molecule has 0 unspecified atom stereocenters. The number of fused-ring (bicyclic) bond motifs is 3. The number of aromatic nitrogens is 3. The number of halogens is 3. The zero-order valence-corrected chi connectivity index (χ0v) is 17.8. The molecule has 3 heterocycles. The van der Waals surface area contributed by atoms with Gasteiger partial charge in [0.1, 0.15) is 16.7 Å². The lowest BCUT2D eigenvalue weighted by Crippen LogP contribution is -2.39. The summed E-state index contributed by atoms with van der Waals surface area (Å²) in [6.07, 6.45) is 5.71. The summed E-state index contributed by atoms with van der Waals surface area (Å²) in [4.78, 5) is 4.95. The lowest BCUT2D eigenvalue weighted by Gasteiger charge is -2.34. The summed E-state index contributed by atoms with van der Waals surface area (Å²) in [5, 5.41) is 20.9. The van der Waals surface area contributed by atoms with Crippen molar-refractivity contribution in [2.45, 2.75) is 37.6 Å². The number of nitrogens with zero attached hydrogens (tertiary/aromatic N) is 4. The van der Waals surface area contributed by atoms with Crippen molar-refractivity contribution in [3.63, 3.8) is 0 Å². The molecule has 6 nitrogen and oxygen atoms in total. The Kier molecular flexibility index (Phi) is 5.58. The van der Waals surface area contributed by atoms with E-state index in [1.54, 1.807) is 16.8 Å². The van der Waals surface area contributed by atoms with E-state index in [2.05, 4.69) is 15.7 Å². The van der Waals surface area contributed by atoms with Gasteiger partial charge in [0.25, 0.3) is 0 Å². The number of hydrogen-bond donors (Lipinski definition) is 2. The van der Waals surface area contributed by atoms with Crippen LogP contribution in [0.25, 0.3) is 5.65 Å². The minimum absolute atomic E-state index is 0. The lowest BCUT2D eigenvalue weighted by molar-refractivity contribution is 0.301. The lowest BCUT2D eigenvalue weighted by atomic mass is 9.77. The van der Waals surface area contributed by atoms with Gasteiger partial charge < -0.3 is 10.6 Å². The van der Waals surface area contributed by atoms with Gasteiger partial charge in [0.2, 0.25) is 0 Å². The van der Waals surface area contributed by atoms with Crippen molar-refractivity contribution in [2.24, 2.45) is 0 Å². The smallest absolute Gasteiger partial charge is 0.176 e. The second-order valence-electron chi connectivity index (χ2n) is 7.86. The van der Waals surface area contributed by atoms with E-state index in [0.29, 0.717) is 28.3 Å². The summed E-state index contributed by atoms with van der Waals surface area (Å²) in [5.41, 5.74) is 4.02. The normalized spacial score (nSPS) is 16.8. The first-order valence-electron chi connectivity index (χ1n) is 9.80. The zero-order valence-electron chi connectivity index (χ0n) is 16.2. The minimum atomic E-state index is -0.415. The fraction of sp³-hybridized carbons (Fsp3) is 0.381. The number of hydrogen-bond acceptors (Lipinski definition) is 5. The first kappa shape index (κ1) is 20.9. The van der Waals surface area contributed by atoms with E-state index < -0.39 is 5.82 Å². The summed E-state index contributed by atoms with van der Waals surface area (Å²) >= 11 is 6.38. The highest BCUT2D eigenvalue weighted by Gasteiger charge is 2.43. The molecular formula is C21H21Cl2FN6. The molecule has 1 saturated heterocycles. The van der Waals surface area contributed by atoms with Crippen LogP contribution in [0.2, 0.25) is 5.02 Å². The van der Waals surface area contributed by atoms with Crippen molar-refractivity contribution in [1.29, 1.82) is 5.26 Å². The molecule has 0 radical (unpaired) electrons. The monoisotopic (exact) mass is 446 g/mol. The van der Waals surface area contributed by atoms with Crippen LogP contribution in [0.5, 0.6) is 0 Å². The molecule has 30 heavy (non-hydrogen) atoms. The molecule has 156 valence electrons. The maximum atomic E-state index is 13.8. The number of nitrogens with one attached hydrogen (secondary N) is 2. The highest BCUT2D eigenvalue weighted by atomic mass is 35.5. The van der Waals surface area contributed by atoms with Crippen LogP contribution in [0.4, 0.5) is 10.2 Å². The van der Waals surface area contributed by atoms with Crippen molar-refractivity contribution < 1.29 is 4.39 Å². The van der Waals surface area contributed by atoms with E-state index in [0.717, 1.165) is 55.8 Å². The highest BCUT2D eigenvalue weighted by molar-refractivity contribution is 6.33. The molecule has 1 aliphatic heterocycles. The summed E-state index contributed by atoms with van der Waals surface area (Å²) in [5.74, 6) is 0.442. The Balaban J connectivity index is 0.00000218. The Morgan fingerprint density at radius 1 is 1.27 bits per heavy atom. The Hall–Kier alpha value is -2.40. The van der Waals surface area contributed by atoms with Crippen LogP contribution in [-0.4, -0.2) is 27.7 Å². The summed E-state index contributed by atoms with van der Waals surface area (Å²) < 4.78 is 15.6. The standard InChI is InChI=1S/C21H20ClFN6.ClH/c22-17-12-27-29-19(26-11-14-7-13(10-24)8-15(23)9-14)16-1-2-21(3-5-25-6-4-21)18(16)28-20(17)29;/h7-9,12,25-26H,1-6,11H2;1H. The first-order valence-corrected chi connectivity index (χ1v) is 10.2. The fourth-order valence-electron chi connectivity index (χ4n) is 4.73. The molecule has 1 aromatic carbocycles. The van der Waals surface area contributed by atoms with Crippen LogP contribution >= 0.6 is 24.0 Å². The van der Waals surface area contributed by atoms with Gasteiger partial charge >= 0.3 is 0 Å². The summed E-state index contributed by atoms with van der Waals surface area (Å²) in [6, 6.07) is 6.37. The Morgan fingerprint density at radius 2 is 2.07 bits per heavy atom. The van der Waals surface area contributed by atoms with Crippen LogP contribution in [0.1, 0.15) is 41.6 Å². The van der Waals surface area contributed by atoms with Gasteiger partial charge in [0.15, 0.2) is 5.65 Å². The molecule has 0 atom stereocenters. The van der Waals surface area contributed by atoms with Gasteiger partial charge in [-0.05, 0) is 62.5 Å². The van der Waals surface area contributed by atoms with Crippen LogP contribution in [0.15, 0.2) is 24.4 Å². The molecule has 0 bridgehead atoms. The maximum Gasteiger partial charge on any atom is 0.176 e. The molecule has 2 aromatic heterocycles. The van der Waals surface area contributed by atoms with Crippen molar-refractivity contribution in [1.82, 2.24) is 19.9 Å². The molecule has 1 spiro atoms. The third kappa shape index (κ3) is 3.39. The number of rotatable bonds is 3. The largest absolute Gasteiger partial charge is 0.366 e. The predicted octanol–water partition coefficient (Wildman–Crippen LogP) is 3.99. The fourth-order valence-corrected chi connectivity index (χ4v) is 4.90. The summed E-state index contributed by atoms with van der Waals surface area (Å²) in [7, 11) is 0. The van der Waals surface area contributed by atoms with Crippen LogP contribution in [-0.2, 0) is 18.4 Å². The average Bonchev–Trinajstić information content (AvgIpc) is 3.27. The summed E-state index contributed by atoms with van der Waals surface area (Å²) in [6.45, 7) is 2.36. The van der Waals surface area contributed by atoms with Gasteiger partial charge in [0.05, 0.1) is 23.5 Å². The van der Waals surface area contributed by atoms with Gasteiger partial charge in [-0.15, -0.1) is 12.4 Å². The molecule has 3 aromatic rings.